The summed E-state index contributed by atoms with van der Waals surface area (Å²) in [4.78, 5) is 15.9. The number of hydrogen-bond acceptors (Lipinski definition) is 3. The number of hydrogen-bond donors (Lipinski definition) is 1. The summed E-state index contributed by atoms with van der Waals surface area (Å²) >= 11 is 0. The Balaban J connectivity index is 1.74. The number of fused-ring (bicyclic) bond motifs is 1. The second kappa shape index (κ2) is 7.10. The van der Waals surface area contributed by atoms with Gasteiger partial charge in [-0.05, 0) is 30.9 Å². The number of aliphatic hydroxyl groups excluding tert-OH is 1. The van der Waals surface area contributed by atoms with Gasteiger partial charge in [0, 0.05) is 30.7 Å². The summed E-state index contributed by atoms with van der Waals surface area (Å²) in [6.45, 7) is 2.61. The molecule has 0 spiro atoms. The summed E-state index contributed by atoms with van der Waals surface area (Å²) in [5, 5.41) is 9.75. The lowest BCUT2D eigenvalue weighted by Crippen LogP contribution is -2.51. The van der Waals surface area contributed by atoms with Crippen molar-refractivity contribution in [2.75, 3.05) is 37.7 Å². The highest BCUT2D eigenvalue weighted by Crippen LogP contribution is 2.37. The molecule has 2 atom stereocenters. The Morgan fingerprint density at radius 3 is 2.77 bits per heavy atom. The van der Waals surface area contributed by atoms with Crippen LogP contribution in [0.15, 0.2) is 24.3 Å². The minimum absolute atomic E-state index is 0.00805. The van der Waals surface area contributed by atoms with Gasteiger partial charge >= 0.3 is 6.18 Å². The summed E-state index contributed by atoms with van der Waals surface area (Å²) in [5.74, 6) is -1.72. The largest absolute Gasteiger partial charge is 0.396 e. The fraction of sp³-hybridized carbons (Fsp3) is 0.632. The van der Waals surface area contributed by atoms with Gasteiger partial charge in [-0.3, -0.25) is 4.79 Å². The fourth-order valence-corrected chi connectivity index (χ4v) is 4.01. The highest BCUT2D eigenvalue weighted by molar-refractivity contribution is 5.82. The van der Waals surface area contributed by atoms with E-state index in [4.69, 9.17) is 0 Å². The van der Waals surface area contributed by atoms with Crippen molar-refractivity contribution >= 4 is 11.6 Å². The molecule has 2 unspecified atom stereocenters. The number of aliphatic hydroxyl groups is 1. The van der Waals surface area contributed by atoms with E-state index in [2.05, 4.69) is 0 Å². The molecule has 3 rings (SSSR count). The van der Waals surface area contributed by atoms with E-state index in [9.17, 15) is 23.1 Å². The number of nitrogens with zero attached hydrogens (tertiary/aromatic N) is 2. The number of anilines is 1. The molecular weight excluding hydrogens is 345 g/mol. The molecule has 1 N–H and O–H groups in total. The van der Waals surface area contributed by atoms with Gasteiger partial charge in [0.2, 0.25) is 5.91 Å². The van der Waals surface area contributed by atoms with Crippen LogP contribution in [0.4, 0.5) is 18.9 Å². The van der Waals surface area contributed by atoms with E-state index in [1.807, 2.05) is 36.1 Å². The van der Waals surface area contributed by atoms with Crippen LogP contribution in [-0.2, 0) is 11.2 Å². The van der Waals surface area contributed by atoms with E-state index in [0.717, 1.165) is 11.3 Å². The standard InChI is InChI=1S/C19H25F3N2O2/c1-18(13-25)9-14-5-2-3-7-16(14)24(12-18)11-17(26)23-8-4-6-15(10-23)19(20,21)22/h2-3,5,7,15,25H,4,6,8-13H2,1H3. The molecule has 2 aliphatic heterocycles. The number of para-hydroxylation sites is 1. The molecule has 144 valence electrons. The molecule has 1 fully saturated rings. The molecule has 0 aliphatic carbocycles. The minimum Gasteiger partial charge on any atom is -0.396 e. The van der Waals surface area contributed by atoms with Crippen molar-refractivity contribution in [3.05, 3.63) is 29.8 Å². The van der Waals surface area contributed by atoms with Crippen LogP contribution in [0.5, 0.6) is 0 Å². The molecule has 4 nitrogen and oxygen atoms in total. The normalized spacial score (nSPS) is 26.6. The van der Waals surface area contributed by atoms with Gasteiger partial charge in [-0.1, -0.05) is 25.1 Å². The molecule has 0 aromatic heterocycles. The first-order valence-electron chi connectivity index (χ1n) is 9.00. The van der Waals surface area contributed by atoms with Crippen LogP contribution in [0, 0.1) is 11.3 Å². The number of benzene rings is 1. The first kappa shape index (κ1) is 19.0. The zero-order valence-electron chi connectivity index (χ0n) is 14.9. The van der Waals surface area contributed by atoms with E-state index in [1.165, 1.54) is 4.90 Å². The van der Waals surface area contributed by atoms with Gasteiger partial charge in [0.25, 0.3) is 0 Å². The molecule has 7 heteroatoms. The van der Waals surface area contributed by atoms with Crippen molar-refractivity contribution in [2.24, 2.45) is 11.3 Å². The summed E-state index contributed by atoms with van der Waals surface area (Å²) in [7, 11) is 0. The van der Waals surface area contributed by atoms with Gasteiger partial charge in [-0.15, -0.1) is 0 Å². The lowest BCUT2D eigenvalue weighted by molar-refractivity contribution is -0.187. The number of likely N-dealkylation sites (tertiary alicyclic amines) is 1. The number of rotatable bonds is 3. The van der Waals surface area contributed by atoms with Crippen molar-refractivity contribution in [1.82, 2.24) is 4.90 Å². The van der Waals surface area contributed by atoms with Gasteiger partial charge in [-0.25, -0.2) is 0 Å². The Hall–Kier alpha value is -1.76. The third-order valence-corrected chi connectivity index (χ3v) is 5.47. The van der Waals surface area contributed by atoms with E-state index < -0.39 is 12.1 Å². The Morgan fingerprint density at radius 2 is 2.08 bits per heavy atom. The maximum atomic E-state index is 13.0. The van der Waals surface area contributed by atoms with Crippen LogP contribution in [0.1, 0.15) is 25.3 Å². The van der Waals surface area contributed by atoms with Crippen molar-refractivity contribution < 1.29 is 23.1 Å². The highest BCUT2D eigenvalue weighted by atomic mass is 19.4. The molecule has 0 radical (unpaired) electrons. The van der Waals surface area contributed by atoms with Crippen LogP contribution in [0.25, 0.3) is 0 Å². The molecule has 0 saturated carbocycles. The molecular formula is C19H25F3N2O2. The van der Waals surface area contributed by atoms with Gasteiger partial charge in [-0.2, -0.15) is 13.2 Å². The summed E-state index contributed by atoms with van der Waals surface area (Å²) in [5.41, 5.74) is 1.61. The van der Waals surface area contributed by atoms with E-state index >= 15 is 0 Å². The van der Waals surface area contributed by atoms with Crippen molar-refractivity contribution in [1.29, 1.82) is 0 Å². The Labute approximate surface area is 151 Å². The van der Waals surface area contributed by atoms with Crippen molar-refractivity contribution in [3.8, 4) is 0 Å². The third kappa shape index (κ3) is 3.98. The monoisotopic (exact) mass is 370 g/mol. The molecule has 1 amide bonds. The van der Waals surface area contributed by atoms with Crippen LogP contribution in [0.3, 0.4) is 0 Å². The van der Waals surface area contributed by atoms with E-state index in [1.54, 1.807) is 0 Å². The maximum Gasteiger partial charge on any atom is 0.393 e. The molecule has 2 heterocycles. The number of halogens is 3. The Bertz CT molecular complexity index is 664. The maximum absolute atomic E-state index is 13.0. The van der Waals surface area contributed by atoms with Crippen LogP contribution in [0.2, 0.25) is 0 Å². The SMILES string of the molecule is CC1(CO)Cc2ccccc2N(CC(=O)N2CCCC(C(F)(F)F)C2)C1. The molecule has 1 aromatic carbocycles. The minimum atomic E-state index is -4.26. The molecule has 2 aliphatic rings. The predicted octanol–water partition coefficient (Wildman–Crippen LogP) is 2.85. The average Bonchev–Trinajstić information content (AvgIpc) is 2.61. The number of piperidine rings is 1. The quantitative estimate of drug-likeness (QED) is 0.890. The average molecular weight is 370 g/mol. The lowest BCUT2D eigenvalue weighted by atomic mass is 9.80. The topological polar surface area (TPSA) is 43.8 Å². The van der Waals surface area contributed by atoms with Crippen LogP contribution < -0.4 is 4.90 Å². The van der Waals surface area contributed by atoms with E-state index in [-0.39, 0.29) is 37.4 Å². The lowest BCUT2D eigenvalue weighted by Gasteiger charge is -2.42. The number of carbonyl (C=O) groups is 1. The first-order chi connectivity index (χ1) is 12.2. The number of amides is 1. The smallest absolute Gasteiger partial charge is 0.393 e. The van der Waals surface area contributed by atoms with Crippen molar-refractivity contribution in [3.63, 3.8) is 0 Å². The van der Waals surface area contributed by atoms with Gasteiger partial charge in [0.05, 0.1) is 19.1 Å². The third-order valence-electron chi connectivity index (χ3n) is 5.47. The molecule has 26 heavy (non-hydrogen) atoms. The first-order valence-corrected chi connectivity index (χ1v) is 9.00. The van der Waals surface area contributed by atoms with Crippen molar-refractivity contribution in [2.45, 2.75) is 32.4 Å². The molecule has 1 saturated heterocycles. The summed E-state index contributed by atoms with van der Waals surface area (Å²) in [6, 6.07) is 7.70. The second-order valence-corrected chi connectivity index (χ2v) is 7.85. The predicted molar refractivity (Wildman–Crippen MR) is 92.9 cm³/mol. The van der Waals surface area contributed by atoms with Gasteiger partial charge < -0.3 is 14.9 Å². The molecule has 1 aromatic rings. The van der Waals surface area contributed by atoms with Crippen LogP contribution >= 0.6 is 0 Å². The van der Waals surface area contributed by atoms with Gasteiger partial charge in [0.1, 0.15) is 0 Å². The van der Waals surface area contributed by atoms with E-state index in [0.29, 0.717) is 25.9 Å². The summed E-state index contributed by atoms with van der Waals surface area (Å²) < 4.78 is 39.0. The van der Waals surface area contributed by atoms with Crippen LogP contribution in [-0.4, -0.2) is 54.9 Å². The fourth-order valence-electron chi connectivity index (χ4n) is 4.01. The highest BCUT2D eigenvalue weighted by Gasteiger charge is 2.43. The van der Waals surface area contributed by atoms with Gasteiger partial charge in [0.15, 0.2) is 0 Å². The zero-order valence-corrected chi connectivity index (χ0v) is 14.9. The Kier molecular flexibility index (Phi) is 5.19. The second-order valence-electron chi connectivity index (χ2n) is 7.85. The number of alkyl halides is 3. The Morgan fingerprint density at radius 1 is 1.35 bits per heavy atom. The zero-order chi connectivity index (χ0) is 18.9. The molecule has 0 bridgehead atoms. The summed E-state index contributed by atoms with van der Waals surface area (Å²) in [6.07, 6.45) is -3.08. The number of carbonyl (C=O) groups excluding carboxylic acids is 1.